The molecule has 0 fully saturated rings. The van der Waals surface area contributed by atoms with Crippen LogP contribution in [0.3, 0.4) is 0 Å². The molecule has 3 rings (SSSR count). The van der Waals surface area contributed by atoms with Gasteiger partial charge in [0.25, 0.3) is 0 Å². The third kappa shape index (κ3) is 1.88. The second kappa shape index (κ2) is 4.44. The predicted molar refractivity (Wildman–Crippen MR) is 74.8 cm³/mol. The Labute approximate surface area is 114 Å². The van der Waals surface area contributed by atoms with Gasteiger partial charge in [0.15, 0.2) is 5.65 Å². The third-order valence-electron chi connectivity index (χ3n) is 2.82. The van der Waals surface area contributed by atoms with Crippen LogP contribution in [0.5, 0.6) is 5.75 Å². The average molecular weight is 275 g/mol. The van der Waals surface area contributed by atoms with E-state index in [-0.39, 0.29) is 0 Å². The summed E-state index contributed by atoms with van der Waals surface area (Å²) in [6, 6.07) is 8.98. The fraction of sp³-hybridized carbons (Fsp3) is 0.0769. The lowest BCUT2D eigenvalue weighted by Crippen LogP contribution is -2.03. The first kappa shape index (κ1) is 11.8. The number of methoxy groups -OCH3 is 1. The van der Waals surface area contributed by atoms with E-state index in [1.165, 1.54) is 0 Å². The molecule has 0 atom stereocenters. The van der Waals surface area contributed by atoms with Crippen LogP contribution in [0.4, 0.5) is 5.95 Å². The number of imidazole rings is 1. The highest BCUT2D eigenvalue weighted by Gasteiger charge is 2.14. The molecule has 2 N–H and O–H groups in total. The van der Waals surface area contributed by atoms with E-state index >= 15 is 0 Å². The minimum Gasteiger partial charge on any atom is -0.495 e. The lowest BCUT2D eigenvalue weighted by molar-refractivity contribution is 0.413. The molecule has 0 spiro atoms. The van der Waals surface area contributed by atoms with Crippen LogP contribution in [0, 0.1) is 0 Å². The largest absolute Gasteiger partial charge is 0.495 e. The highest BCUT2D eigenvalue weighted by atomic mass is 35.5. The standard InChI is InChI=1S/C13H11ClN4O/c1-19-11-5-4-8(14)7-10(11)18-12-9(17-13(18)15)3-2-6-16-12/h2-7H,1H3,(H2,15,17). The van der Waals surface area contributed by atoms with Gasteiger partial charge >= 0.3 is 0 Å². The molecule has 19 heavy (non-hydrogen) atoms. The van der Waals surface area contributed by atoms with E-state index in [0.717, 1.165) is 5.52 Å². The summed E-state index contributed by atoms with van der Waals surface area (Å²) < 4.78 is 7.06. The van der Waals surface area contributed by atoms with Crippen LogP contribution in [0.1, 0.15) is 0 Å². The number of nitrogen functional groups attached to an aromatic ring is 1. The minimum absolute atomic E-state index is 0.342. The number of nitrogens with two attached hydrogens (primary N) is 1. The molecule has 2 aromatic heterocycles. The summed E-state index contributed by atoms with van der Waals surface area (Å²) in [5.74, 6) is 0.996. The Morgan fingerprint density at radius 1 is 1.32 bits per heavy atom. The summed E-state index contributed by atoms with van der Waals surface area (Å²) in [5.41, 5.74) is 8.08. The Morgan fingerprint density at radius 3 is 2.95 bits per heavy atom. The Bertz CT molecular complexity index is 753. The van der Waals surface area contributed by atoms with Crippen molar-refractivity contribution in [3.8, 4) is 11.4 Å². The summed E-state index contributed by atoms with van der Waals surface area (Å²) in [5, 5.41) is 0.591. The maximum Gasteiger partial charge on any atom is 0.207 e. The van der Waals surface area contributed by atoms with Crippen LogP contribution in [-0.4, -0.2) is 21.6 Å². The molecule has 0 saturated carbocycles. The van der Waals surface area contributed by atoms with Gasteiger partial charge in [-0.1, -0.05) is 11.6 Å². The number of aromatic nitrogens is 3. The highest BCUT2D eigenvalue weighted by molar-refractivity contribution is 6.30. The molecule has 0 amide bonds. The van der Waals surface area contributed by atoms with Crippen molar-refractivity contribution in [1.29, 1.82) is 0 Å². The molecule has 2 heterocycles. The van der Waals surface area contributed by atoms with Crippen LogP contribution >= 0.6 is 11.6 Å². The van der Waals surface area contributed by atoms with Crippen LogP contribution in [0.15, 0.2) is 36.5 Å². The number of nitrogens with zero attached hydrogens (tertiary/aromatic N) is 3. The van der Waals surface area contributed by atoms with Crippen molar-refractivity contribution in [1.82, 2.24) is 14.5 Å². The van der Waals surface area contributed by atoms with Crippen molar-refractivity contribution in [3.63, 3.8) is 0 Å². The summed E-state index contributed by atoms with van der Waals surface area (Å²) in [7, 11) is 1.59. The number of ether oxygens (including phenoxy) is 1. The molecular weight excluding hydrogens is 264 g/mol. The Morgan fingerprint density at radius 2 is 2.16 bits per heavy atom. The van der Waals surface area contributed by atoms with E-state index in [2.05, 4.69) is 9.97 Å². The molecule has 0 saturated heterocycles. The molecule has 0 bridgehead atoms. The zero-order valence-corrected chi connectivity index (χ0v) is 10.9. The summed E-state index contributed by atoms with van der Waals surface area (Å²) in [6.45, 7) is 0. The second-order valence-electron chi connectivity index (χ2n) is 3.97. The first-order chi connectivity index (χ1) is 9.20. The van der Waals surface area contributed by atoms with Gasteiger partial charge in [0, 0.05) is 11.2 Å². The smallest absolute Gasteiger partial charge is 0.207 e. The fourth-order valence-corrected chi connectivity index (χ4v) is 2.17. The van der Waals surface area contributed by atoms with Crippen molar-refractivity contribution < 1.29 is 4.74 Å². The van der Waals surface area contributed by atoms with E-state index < -0.39 is 0 Å². The van der Waals surface area contributed by atoms with Crippen LogP contribution in [-0.2, 0) is 0 Å². The molecule has 1 aromatic carbocycles. The van der Waals surface area contributed by atoms with E-state index in [4.69, 9.17) is 22.1 Å². The van der Waals surface area contributed by atoms with E-state index in [1.54, 1.807) is 36.1 Å². The fourth-order valence-electron chi connectivity index (χ4n) is 2.01. The summed E-state index contributed by atoms with van der Waals surface area (Å²) >= 11 is 6.04. The van der Waals surface area contributed by atoms with Crippen molar-refractivity contribution in [2.24, 2.45) is 0 Å². The molecule has 0 aliphatic heterocycles. The van der Waals surface area contributed by atoms with Gasteiger partial charge in [0.05, 0.1) is 12.8 Å². The van der Waals surface area contributed by atoms with Gasteiger partial charge < -0.3 is 10.5 Å². The Balaban J connectivity index is 2.35. The van der Waals surface area contributed by atoms with Crippen LogP contribution in [0.25, 0.3) is 16.9 Å². The SMILES string of the molecule is COc1ccc(Cl)cc1-n1c(N)nc2cccnc21. The average Bonchev–Trinajstić information content (AvgIpc) is 2.74. The van der Waals surface area contributed by atoms with Gasteiger partial charge in [-0.2, -0.15) is 0 Å². The quantitative estimate of drug-likeness (QED) is 0.780. The van der Waals surface area contributed by atoms with Crippen LogP contribution < -0.4 is 10.5 Å². The zero-order chi connectivity index (χ0) is 13.4. The zero-order valence-electron chi connectivity index (χ0n) is 10.2. The molecular formula is C13H11ClN4O. The molecule has 6 heteroatoms. The number of anilines is 1. The number of halogens is 1. The third-order valence-corrected chi connectivity index (χ3v) is 3.06. The molecule has 5 nitrogen and oxygen atoms in total. The first-order valence-electron chi connectivity index (χ1n) is 5.63. The van der Waals surface area contributed by atoms with E-state index in [0.29, 0.717) is 28.1 Å². The topological polar surface area (TPSA) is 66.0 Å². The van der Waals surface area contributed by atoms with Gasteiger partial charge in [-0.25, -0.2) is 9.97 Å². The van der Waals surface area contributed by atoms with Gasteiger partial charge in [0.1, 0.15) is 11.3 Å². The van der Waals surface area contributed by atoms with Gasteiger partial charge in [-0.15, -0.1) is 0 Å². The van der Waals surface area contributed by atoms with Crippen molar-refractivity contribution in [3.05, 3.63) is 41.6 Å². The molecule has 0 radical (unpaired) electrons. The number of fused-ring (bicyclic) bond motifs is 1. The lowest BCUT2D eigenvalue weighted by atomic mass is 10.3. The van der Waals surface area contributed by atoms with Gasteiger partial charge in [0.2, 0.25) is 5.95 Å². The lowest BCUT2D eigenvalue weighted by Gasteiger charge is -2.11. The van der Waals surface area contributed by atoms with Crippen LogP contribution in [0.2, 0.25) is 5.02 Å². The highest BCUT2D eigenvalue weighted by Crippen LogP contribution is 2.30. The predicted octanol–water partition coefficient (Wildman–Crippen LogP) is 2.66. The maximum atomic E-state index is 6.04. The number of pyridine rings is 1. The van der Waals surface area contributed by atoms with Gasteiger partial charge in [-0.05, 0) is 30.3 Å². The minimum atomic E-state index is 0.342. The molecule has 0 aliphatic carbocycles. The molecule has 3 aromatic rings. The number of hydrogen-bond acceptors (Lipinski definition) is 4. The Hall–Kier alpha value is -2.27. The van der Waals surface area contributed by atoms with Crippen molar-refractivity contribution in [2.45, 2.75) is 0 Å². The van der Waals surface area contributed by atoms with Crippen molar-refractivity contribution >= 4 is 28.7 Å². The second-order valence-corrected chi connectivity index (χ2v) is 4.40. The summed E-state index contributed by atoms with van der Waals surface area (Å²) in [4.78, 5) is 8.58. The van der Waals surface area contributed by atoms with E-state index in [1.807, 2.05) is 12.1 Å². The summed E-state index contributed by atoms with van der Waals surface area (Å²) in [6.07, 6.45) is 1.69. The molecule has 0 unspecified atom stereocenters. The number of hydrogen-bond donors (Lipinski definition) is 1. The Kier molecular flexibility index (Phi) is 2.76. The van der Waals surface area contributed by atoms with Crippen molar-refractivity contribution in [2.75, 3.05) is 12.8 Å². The maximum absolute atomic E-state index is 6.04. The van der Waals surface area contributed by atoms with E-state index in [9.17, 15) is 0 Å². The monoisotopic (exact) mass is 274 g/mol. The number of benzene rings is 1. The first-order valence-corrected chi connectivity index (χ1v) is 6.01. The molecule has 0 aliphatic rings. The normalized spacial score (nSPS) is 10.8. The van der Waals surface area contributed by atoms with Gasteiger partial charge in [-0.3, -0.25) is 4.57 Å². The number of rotatable bonds is 2. The molecule has 96 valence electrons.